The van der Waals surface area contributed by atoms with Crippen molar-refractivity contribution in [2.45, 2.75) is 25.7 Å². The summed E-state index contributed by atoms with van der Waals surface area (Å²) in [6.45, 7) is 3.45. The molecule has 6 rings (SSSR count). The molecule has 0 bridgehead atoms. The van der Waals surface area contributed by atoms with E-state index in [4.69, 9.17) is 14.5 Å². The van der Waals surface area contributed by atoms with Crippen LogP contribution < -0.4 is 9.80 Å². The molecule has 1 fully saturated rings. The van der Waals surface area contributed by atoms with Crippen molar-refractivity contribution in [3.8, 4) is 11.6 Å². The van der Waals surface area contributed by atoms with E-state index in [1.54, 1.807) is 6.26 Å². The average Bonchev–Trinajstić information content (AvgIpc) is 3.48. The Balaban J connectivity index is 1.37. The first-order valence-corrected chi connectivity index (χ1v) is 10.8. The third kappa shape index (κ3) is 3.22. The number of aromatic nitrogens is 4. The molecule has 2 aliphatic rings. The number of nitrogens with zero attached hydrogens (tertiary/aromatic N) is 6. The topological polar surface area (TPSA) is 62.7 Å². The zero-order valence-electron chi connectivity index (χ0n) is 17.2. The molecule has 1 aromatic carbocycles. The standard InChI is InChI=1S/C23H23FN6O/c24-16-7-9-17(10-8-16)28-11-13-29(14-12-28)22-18-4-1-2-5-19(18)25-23-26-21(27-30(22)23)20-6-3-15-31-20/h3,6-10,15H,1-2,4-5,11-14H2. The maximum Gasteiger partial charge on any atom is 0.255 e. The van der Waals surface area contributed by atoms with Crippen LogP contribution in [-0.4, -0.2) is 45.8 Å². The van der Waals surface area contributed by atoms with E-state index in [1.807, 2.05) is 28.8 Å². The zero-order chi connectivity index (χ0) is 20.8. The highest BCUT2D eigenvalue weighted by Gasteiger charge is 2.27. The molecular formula is C23H23FN6O. The molecule has 0 N–H and O–H groups in total. The van der Waals surface area contributed by atoms with Crippen molar-refractivity contribution in [3.05, 3.63) is 59.7 Å². The first-order valence-electron chi connectivity index (χ1n) is 10.8. The number of piperazine rings is 1. The summed E-state index contributed by atoms with van der Waals surface area (Å²) in [5.74, 6) is 2.75. The minimum absolute atomic E-state index is 0.202. The van der Waals surface area contributed by atoms with Crippen molar-refractivity contribution < 1.29 is 8.81 Å². The van der Waals surface area contributed by atoms with Crippen LogP contribution in [0.1, 0.15) is 24.1 Å². The van der Waals surface area contributed by atoms with Crippen LogP contribution >= 0.6 is 0 Å². The van der Waals surface area contributed by atoms with Crippen LogP contribution in [0.3, 0.4) is 0 Å². The third-order valence-corrected chi connectivity index (χ3v) is 6.25. The van der Waals surface area contributed by atoms with Gasteiger partial charge in [0.1, 0.15) is 11.6 Å². The van der Waals surface area contributed by atoms with Crippen molar-refractivity contribution >= 4 is 17.3 Å². The Hall–Kier alpha value is -3.42. The van der Waals surface area contributed by atoms with Gasteiger partial charge in [-0.2, -0.15) is 9.50 Å². The lowest BCUT2D eigenvalue weighted by atomic mass is 9.96. The molecule has 1 saturated heterocycles. The molecule has 4 heterocycles. The van der Waals surface area contributed by atoms with E-state index in [2.05, 4.69) is 14.8 Å². The SMILES string of the molecule is Fc1ccc(N2CCN(c3c4c(nc5nc(-c6ccco6)nn35)CCCC4)CC2)cc1. The summed E-state index contributed by atoms with van der Waals surface area (Å²) in [4.78, 5) is 14.2. The van der Waals surface area contributed by atoms with Crippen LogP contribution in [-0.2, 0) is 12.8 Å². The second-order valence-corrected chi connectivity index (χ2v) is 8.14. The molecule has 7 nitrogen and oxygen atoms in total. The third-order valence-electron chi connectivity index (χ3n) is 6.25. The second-order valence-electron chi connectivity index (χ2n) is 8.14. The highest BCUT2D eigenvalue weighted by Crippen LogP contribution is 2.32. The molecule has 0 amide bonds. The van der Waals surface area contributed by atoms with Gasteiger partial charge in [0.25, 0.3) is 5.78 Å². The van der Waals surface area contributed by atoms with E-state index < -0.39 is 0 Å². The van der Waals surface area contributed by atoms with Gasteiger partial charge in [-0.15, -0.1) is 5.10 Å². The van der Waals surface area contributed by atoms with Gasteiger partial charge in [0.05, 0.1) is 12.0 Å². The fraction of sp³-hybridized carbons (Fsp3) is 0.348. The molecule has 31 heavy (non-hydrogen) atoms. The highest BCUT2D eigenvalue weighted by molar-refractivity contribution is 5.60. The summed E-state index contributed by atoms with van der Waals surface area (Å²) in [7, 11) is 0. The number of furan rings is 1. The minimum Gasteiger partial charge on any atom is -0.461 e. The van der Waals surface area contributed by atoms with E-state index in [0.717, 1.165) is 62.6 Å². The van der Waals surface area contributed by atoms with Crippen LogP contribution in [0.25, 0.3) is 17.4 Å². The first-order chi connectivity index (χ1) is 15.3. The van der Waals surface area contributed by atoms with E-state index in [9.17, 15) is 4.39 Å². The van der Waals surface area contributed by atoms with Crippen LogP contribution in [0, 0.1) is 5.82 Å². The predicted molar refractivity (Wildman–Crippen MR) is 116 cm³/mol. The number of halogens is 1. The molecule has 1 aliphatic carbocycles. The Morgan fingerprint density at radius 1 is 0.871 bits per heavy atom. The Kier molecular flexibility index (Phi) is 4.36. The zero-order valence-corrected chi connectivity index (χ0v) is 17.2. The quantitative estimate of drug-likeness (QED) is 0.505. The molecule has 0 unspecified atom stereocenters. The average molecular weight is 418 g/mol. The molecular weight excluding hydrogens is 395 g/mol. The summed E-state index contributed by atoms with van der Waals surface area (Å²) in [5.41, 5.74) is 3.50. The van der Waals surface area contributed by atoms with Crippen molar-refractivity contribution in [1.82, 2.24) is 19.6 Å². The van der Waals surface area contributed by atoms with Gasteiger partial charge < -0.3 is 14.2 Å². The van der Waals surface area contributed by atoms with Gasteiger partial charge in [-0.05, 0) is 62.1 Å². The predicted octanol–water partition coefficient (Wildman–Crippen LogP) is 3.73. The lowest BCUT2D eigenvalue weighted by Gasteiger charge is -2.38. The number of hydrogen-bond acceptors (Lipinski definition) is 6. The molecule has 0 atom stereocenters. The molecule has 0 radical (unpaired) electrons. The molecule has 158 valence electrons. The van der Waals surface area contributed by atoms with Gasteiger partial charge >= 0.3 is 0 Å². The van der Waals surface area contributed by atoms with E-state index in [-0.39, 0.29) is 5.82 Å². The van der Waals surface area contributed by atoms with Crippen LogP contribution in [0.4, 0.5) is 15.9 Å². The van der Waals surface area contributed by atoms with Crippen molar-refractivity contribution in [2.24, 2.45) is 0 Å². The Morgan fingerprint density at radius 3 is 2.42 bits per heavy atom. The molecule has 1 aliphatic heterocycles. The number of hydrogen-bond donors (Lipinski definition) is 0. The number of anilines is 2. The smallest absolute Gasteiger partial charge is 0.255 e. The van der Waals surface area contributed by atoms with Crippen LogP contribution in [0.15, 0.2) is 47.1 Å². The molecule has 4 aromatic rings. The fourth-order valence-corrected chi connectivity index (χ4v) is 4.68. The van der Waals surface area contributed by atoms with E-state index in [1.165, 1.54) is 24.1 Å². The first kappa shape index (κ1) is 18.4. The van der Waals surface area contributed by atoms with Crippen molar-refractivity contribution in [1.29, 1.82) is 0 Å². The maximum absolute atomic E-state index is 13.3. The Labute approximate surface area is 179 Å². The summed E-state index contributed by atoms with van der Waals surface area (Å²) >= 11 is 0. The van der Waals surface area contributed by atoms with Crippen molar-refractivity contribution in [3.63, 3.8) is 0 Å². The van der Waals surface area contributed by atoms with Gasteiger partial charge in [0, 0.05) is 37.4 Å². The van der Waals surface area contributed by atoms with Gasteiger partial charge in [0.2, 0.25) is 5.82 Å². The summed E-state index contributed by atoms with van der Waals surface area (Å²) < 4.78 is 20.7. The number of benzene rings is 1. The van der Waals surface area contributed by atoms with Crippen molar-refractivity contribution in [2.75, 3.05) is 36.0 Å². The lowest BCUT2D eigenvalue weighted by molar-refractivity contribution is 0.576. The number of rotatable bonds is 3. The summed E-state index contributed by atoms with van der Waals surface area (Å²) in [6.07, 6.45) is 5.96. The number of aryl methyl sites for hydroxylation is 1. The Morgan fingerprint density at radius 2 is 1.65 bits per heavy atom. The maximum atomic E-state index is 13.3. The van der Waals surface area contributed by atoms with E-state index in [0.29, 0.717) is 17.4 Å². The van der Waals surface area contributed by atoms with Crippen LogP contribution in [0.2, 0.25) is 0 Å². The second kappa shape index (κ2) is 7.37. The van der Waals surface area contributed by atoms with Gasteiger partial charge in [0.15, 0.2) is 5.76 Å². The molecule has 0 spiro atoms. The largest absolute Gasteiger partial charge is 0.461 e. The number of fused-ring (bicyclic) bond motifs is 2. The highest BCUT2D eigenvalue weighted by atomic mass is 19.1. The van der Waals surface area contributed by atoms with Gasteiger partial charge in [-0.25, -0.2) is 9.37 Å². The summed E-state index contributed by atoms with van der Waals surface area (Å²) in [6, 6.07) is 10.5. The van der Waals surface area contributed by atoms with Crippen LogP contribution in [0.5, 0.6) is 0 Å². The van der Waals surface area contributed by atoms with Gasteiger partial charge in [-0.3, -0.25) is 0 Å². The molecule has 3 aromatic heterocycles. The summed E-state index contributed by atoms with van der Waals surface area (Å²) in [5, 5.41) is 4.78. The van der Waals surface area contributed by atoms with Gasteiger partial charge in [-0.1, -0.05) is 0 Å². The lowest BCUT2D eigenvalue weighted by Crippen LogP contribution is -2.47. The monoisotopic (exact) mass is 418 g/mol. The molecule has 0 saturated carbocycles. The fourth-order valence-electron chi connectivity index (χ4n) is 4.68. The minimum atomic E-state index is -0.202. The molecule has 8 heteroatoms. The van der Waals surface area contributed by atoms with E-state index >= 15 is 0 Å². The normalized spacial score (nSPS) is 16.7. The Bertz CT molecular complexity index is 1210.